The van der Waals surface area contributed by atoms with Gasteiger partial charge < -0.3 is 4.90 Å². The van der Waals surface area contributed by atoms with Gasteiger partial charge in [0, 0.05) is 24.5 Å². The van der Waals surface area contributed by atoms with Gasteiger partial charge >= 0.3 is 0 Å². The number of para-hydroxylation sites is 1. The Labute approximate surface area is 84.1 Å². The van der Waals surface area contributed by atoms with Crippen LogP contribution in [-0.2, 0) is 6.42 Å². The van der Waals surface area contributed by atoms with Crippen molar-refractivity contribution in [2.45, 2.75) is 12.8 Å². The highest BCUT2D eigenvalue weighted by Gasteiger charge is 2.16. The molecule has 0 aliphatic carbocycles. The molecule has 0 saturated heterocycles. The van der Waals surface area contributed by atoms with Gasteiger partial charge in [-0.2, -0.15) is 5.26 Å². The smallest absolute Gasteiger partial charge is 0.0930 e. The van der Waals surface area contributed by atoms with Crippen LogP contribution < -0.4 is 4.90 Å². The van der Waals surface area contributed by atoms with E-state index in [4.69, 9.17) is 5.26 Å². The molecule has 70 valence electrons. The van der Waals surface area contributed by atoms with Crippen LogP contribution in [0.5, 0.6) is 0 Å². The first-order valence-electron chi connectivity index (χ1n) is 4.73. The molecule has 0 amide bonds. The normalized spacial score (nSPS) is 17.7. The van der Waals surface area contributed by atoms with Gasteiger partial charge in [0.25, 0.3) is 0 Å². The molecule has 0 aromatic heterocycles. The lowest BCUT2D eigenvalue weighted by molar-refractivity contribution is 0.840. The number of nitrogens with zero attached hydrogens (tertiary/aromatic N) is 2. The molecule has 0 bridgehead atoms. The van der Waals surface area contributed by atoms with Gasteiger partial charge in [0.15, 0.2) is 0 Å². The van der Waals surface area contributed by atoms with Gasteiger partial charge in [0.1, 0.15) is 0 Å². The Kier molecular flexibility index (Phi) is 2.24. The van der Waals surface area contributed by atoms with Crippen molar-refractivity contribution in [1.82, 2.24) is 0 Å². The molecule has 0 unspecified atom stereocenters. The number of aryl methyl sites for hydroxylation is 1. The van der Waals surface area contributed by atoms with E-state index in [0.717, 1.165) is 18.5 Å². The van der Waals surface area contributed by atoms with Crippen molar-refractivity contribution in [2.24, 2.45) is 0 Å². The number of anilines is 1. The van der Waals surface area contributed by atoms with E-state index >= 15 is 0 Å². The van der Waals surface area contributed by atoms with E-state index in [1.54, 1.807) is 6.08 Å². The topological polar surface area (TPSA) is 27.0 Å². The van der Waals surface area contributed by atoms with E-state index in [1.807, 2.05) is 13.1 Å². The van der Waals surface area contributed by atoms with Crippen LogP contribution in [-0.4, -0.2) is 7.05 Å². The molecule has 2 heteroatoms. The summed E-state index contributed by atoms with van der Waals surface area (Å²) in [6.07, 6.45) is 3.63. The summed E-state index contributed by atoms with van der Waals surface area (Å²) in [4.78, 5) is 2.10. The van der Waals surface area contributed by atoms with Crippen LogP contribution >= 0.6 is 0 Å². The Morgan fingerprint density at radius 3 is 2.93 bits per heavy atom. The maximum atomic E-state index is 8.63. The maximum absolute atomic E-state index is 8.63. The number of allylic oxidation sites excluding steroid dienone is 2. The lowest BCUT2D eigenvalue weighted by Gasteiger charge is -2.29. The fourth-order valence-electron chi connectivity index (χ4n) is 1.88. The summed E-state index contributed by atoms with van der Waals surface area (Å²) in [5.41, 5.74) is 3.69. The Balaban J connectivity index is 2.42. The minimum absolute atomic E-state index is 0.959. The van der Waals surface area contributed by atoms with Crippen molar-refractivity contribution in [1.29, 1.82) is 5.26 Å². The predicted molar refractivity (Wildman–Crippen MR) is 56.9 cm³/mol. The first-order chi connectivity index (χ1) is 6.83. The molecule has 0 fully saturated rings. The molecule has 14 heavy (non-hydrogen) atoms. The fraction of sp³-hybridized carbons (Fsp3) is 0.250. The van der Waals surface area contributed by atoms with E-state index in [2.05, 4.69) is 29.2 Å². The standard InChI is InChI=1S/C12H12N2/c1-14-11(8-9-13)7-6-10-4-2-3-5-12(10)14/h2-5,8H,6-7H2,1H3. The average molecular weight is 184 g/mol. The highest BCUT2D eigenvalue weighted by atomic mass is 15.1. The minimum Gasteiger partial charge on any atom is -0.347 e. The summed E-state index contributed by atoms with van der Waals surface area (Å²) < 4.78 is 0. The van der Waals surface area contributed by atoms with Crippen molar-refractivity contribution in [2.75, 3.05) is 11.9 Å². The van der Waals surface area contributed by atoms with E-state index < -0.39 is 0 Å². The molecule has 1 aliphatic heterocycles. The van der Waals surface area contributed by atoms with Crippen LogP contribution in [0.4, 0.5) is 5.69 Å². The van der Waals surface area contributed by atoms with Gasteiger partial charge in [0.2, 0.25) is 0 Å². The van der Waals surface area contributed by atoms with Crippen LogP contribution in [0.25, 0.3) is 0 Å². The maximum Gasteiger partial charge on any atom is 0.0930 e. The molecular weight excluding hydrogens is 172 g/mol. The van der Waals surface area contributed by atoms with Crippen LogP contribution in [0.2, 0.25) is 0 Å². The summed E-state index contributed by atoms with van der Waals surface area (Å²) in [6, 6.07) is 10.4. The first-order valence-corrected chi connectivity index (χ1v) is 4.73. The number of nitriles is 1. The van der Waals surface area contributed by atoms with Crippen molar-refractivity contribution >= 4 is 5.69 Å². The number of hydrogen-bond donors (Lipinski definition) is 0. The van der Waals surface area contributed by atoms with Gasteiger partial charge in [0.05, 0.1) is 6.07 Å². The average Bonchev–Trinajstić information content (AvgIpc) is 2.23. The Morgan fingerprint density at radius 2 is 2.14 bits per heavy atom. The van der Waals surface area contributed by atoms with E-state index in [1.165, 1.54) is 11.3 Å². The fourth-order valence-corrected chi connectivity index (χ4v) is 1.88. The third kappa shape index (κ3) is 1.38. The molecule has 0 radical (unpaired) electrons. The van der Waals surface area contributed by atoms with Crippen molar-refractivity contribution < 1.29 is 0 Å². The second kappa shape index (κ2) is 3.55. The Bertz CT molecular complexity index is 413. The minimum atomic E-state index is 0.959. The molecule has 0 N–H and O–H groups in total. The van der Waals surface area contributed by atoms with Crippen molar-refractivity contribution in [3.8, 4) is 6.07 Å². The van der Waals surface area contributed by atoms with Gasteiger partial charge in [-0.15, -0.1) is 0 Å². The summed E-state index contributed by atoms with van der Waals surface area (Å²) in [5, 5.41) is 8.63. The molecule has 0 atom stereocenters. The van der Waals surface area contributed by atoms with Gasteiger partial charge in [-0.25, -0.2) is 0 Å². The molecule has 1 aromatic rings. The Morgan fingerprint density at radius 1 is 1.36 bits per heavy atom. The van der Waals surface area contributed by atoms with Gasteiger partial charge in [-0.05, 0) is 24.5 Å². The SMILES string of the molecule is CN1C(=CC#N)CCc2ccccc21. The van der Waals surface area contributed by atoms with Crippen molar-refractivity contribution in [3.63, 3.8) is 0 Å². The lowest BCUT2D eigenvalue weighted by Crippen LogP contribution is -2.22. The molecule has 0 saturated carbocycles. The van der Waals surface area contributed by atoms with Crippen LogP contribution in [0.15, 0.2) is 36.0 Å². The third-order valence-corrected chi connectivity index (χ3v) is 2.67. The largest absolute Gasteiger partial charge is 0.347 e. The number of fused-ring (bicyclic) bond motifs is 1. The van der Waals surface area contributed by atoms with Crippen molar-refractivity contribution in [3.05, 3.63) is 41.6 Å². The lowest BCUT2D eigenvalue weighted by atomic mass is 10.00. The highest BCUT2D eigenvalue weighted by Crippen LogP contribution is 2.30. The summed E-state index contributed by atoms with van der Waals surface area (Å²) in [5.74, 6) is 0. The first kappa shape index (κ1) is 8.83. The third-order valence-electron chi connectivity index (χ3n) is 2.67. The van der Waals surface area contributed by atoms with Crippen LogP contribution in [0, 0.1) is 11.3 Å². The molecule has 1 heterocycles. The molecule has 0 spiro atoms. The van der Waals surface area contributed by atoms with Gasteiger partial charge in [-0.1, -0.05) is 18.2 Å². The van der Waals surface area contributed by atoms with E-state index in [-0.39, 0.29) is 0 Å². The second-order valence-electron chi connectivity index (χ2n) is 3.45. The zero-order valence-corrected chi connectivity index (χ0v) is 8.20. The second-order valence-corrected chi connectivity index (χ2v) is 3.45. The molecule has 2 rings (SSSR count). The number of rotatable bonds is 0. The molecule has 2 nitrogen and oxygen atoms in total. The summed E-state index contributed by atoms with van der Waals surface area (Å²) >= 11 is 0. The summed E-state index contributed by atoms with van der Waals surface area (Å²) in [6.45, 7) is 0. The zero-order valence-electron chi connectivity index (χ0n) is 8.20. The number of hydrogen-bond acceptors (Lipinski definition) is 2. The molecule has 1 aromatic carbocycles. The van der Waals surface area contributed by atoms with Crippen LogP contribution in [0.3, 0.4) is 0 Å². The molecular formula is C12H12N2. The van der Waals surface area contributed by atoms with Gasteiger partial charge in [-0.3, -0.25) is 0 Å². The quantitative estimate of drug-likeness (QED) is 0.579. The number of benzene rings is 1. The molecule has 1 aliphatic rings. The van der Waals surface area contributed by atoms with E-state index in [0.29, 0.717) is 0 Å². The van der Waals surface area contributed by atoms with Crippen LogP contribution in [0.1, 0.15) is 12.0 Å². The monoisotopic (exact) mass is 184 g/mol. The zero-order chi connectivity index (χ0) is 9.97. The summed E-state index contributed by atoms with van der Waals surface area (Å²) in [7, 11) is 2.02. The Hall–Kier alpha value is -1.75. The van der Waals surface area contributed by atoms with E-state index in [9.17, 15) is 0 Å². The predicted octanol–water partition coefficient (Wildman–Crippen LogP) is 2.48. The highest BCUT2D eigenvalue weighted by molar-refractivity contribution is 5.60.